The monoisotopic (exact) mass is 560 g/mol. The van der Waals surface area contributed by atoms with Crippen molar-refractivity contribution in [2.75, 3.05) is 17.7 Å². The first-order chi connectivity index (χ1) is 19.6. The zero-order chi connectivity index (χ0) is 29.3. The molecule has 2 N–H and O–H groups in total. The number of Topliss-reactive ketones (excluding diaryl/α,β-unsaturated/α-hetero) is 1. The van der Waals surface area contributed by atoms with Crippen LogP contribution in [0.4, 0.5) is 27.4 Å². The molecule has 41 heavy (non-hydrogen) atoms. The molecule has 0 spiro atoms. The van der Waals surface area contributed by atoms with E-state index >= 15 is 0 Å². The van der Waals surface area contributed by atoms with Gasteiger partial charge in [0.2, 0.25) is 0 Å². The average molecular weight is 561 g/mol. The molecule has 1 aliphatic rings. The van der Waals surface area contributed by atoms with Gasteiger partial charge in [0, 0.05) is 44.4 Å². The number of carbonyl (C=O) groups excluding carboxylic acids is 1. The fourth-order valence-electron chi connectivity index (χ4n) is 5.23. The molecule has 214 valence electrons. The number of alkyl halides is 1. The van der Waals surface area contributed by atoms with Crippen molar-refractivity contribution in [1.29, 1.82) is 0 Å². The number of carbonyl (C=O) groups is 1. The fourth-order valence-corrected chi connectivity index (χ4v) is 5.23. The number of halogens is 1. The van der Waals surface area contributed by atoms with Gasteiger partial charge in [-0.3, -0.25) is 14.0 Å². The Labute approximate surface area is 236 Å². The van der Waals surface area contributed by atoms with Crippen molar-refractivity contribution in [1.82, 2.24) is 29.3 Å². The number of nitrogens with one attached hydrogen (secondary N) is 2. The Morgan fingerprint density at radius 1 is 1.17 bits per heavy atom. The Morgan fingerprint density at radius 3 is 2.61 bits per heavy atom. The summed E-state index contributed by atoms with van der Waals surface area (Å²) in [6.07, 6.45) is 4.74. The van der Waals surface area contributed by atoms with Crippen LogP contribution in [0.5, 0.6) is 5.75 Å². The third-order valence-corrected chi connectivity index (χ3v) is 7.36. The van der Waals surface area contributed by atoms with E-state index in [2.05, 4.69) is 30.7 Å². The lowest BCUT2D eigenvalue weighted by molar-refractivity contribution is -0.0479. The van der Waals surface area contributed by atoms with Gasteiger partial charge in [-0.15, -0.1) is 0 Å². The minimum Gasteiger partial charge on any atom is -0.494 e. The molecule has 12 heteroatoms. The molecular formula is C29H33FN8O3. The highest BCUT2D eigenvalue weighted by molar-refractivity contribution is 6.02. The number of benzene rings is 1. The topological polar surface area (TPSA) is 129 Å². The summed E-state index contributed by atoms with van der Waals surface area (Å²) in [7, 11) is 3.34. The Kier molecular flexibility index (Phi) is 7.57. The highest BCUT2D eigenvalue weighted by atomic mass is 19.1. The molecule has 0 saturated heterocycles. The minimum absolute atomic E-state index is 0.0980. The van der Waals surface area contributed by atoms with Crippen LogP contribution in [0.3, 0.4) is 0 Å². The van der Waals surface area contributed by atoms with E-state index in [4.69, 9.17) is 4.74 Å². The predicted molar refractivity (Wildman–Crippen MR) is 154 cm³/mol. The number of hydrogen-bond donors (Lipinski definition) is 2. The van der Waals surface area contributed by atoms with Crippen molar-refractivity contribution in [3.63, 3.8) is 0 Å². The van der Waals surface area contributed by atoms with Gasteiger partial charge in [-0.1, -0.05) is 26.8 Å². The third kappa shape index (κ3) is 5.67. The SMILES string of the molecule is CCC(=O)c1cnc(Nc2ccn(CC3CC(C)(C)C3F)c(=O)n2)cc1Nc1cccc(-c2ncn(C)n2)c1OC. The number of ether oxygens (including phenoxy) is 1. The Bertz CT molecular complexity index is 1650. The summed E-state index contributed by atoms with van der Waals surface area (Å²) in [5, 5.41) is 10.7. The van der Waals surface area contributed by atoms with Crippen molar-refractivity contribution in [2.24, 2.45) is 18.4 Å². The second-order valence-electron chi connectivity index (χ2n) is 10.9. The van der Waals surface area contributed by atoms with Gasteiger partial charge in [-0.2, -0.15) is 10.1 Å². The molecule has 0 aliphatic heterocycles. The van der Waals surface area contributed by atoms with E-state index in [1.807, 2.05) is 32.0 Å². The van der Waals surface area contributed by atoms with Crippen LogP contribution in [0.2, 0.25) is 0 Å². The first-order valence-electron chi connectivity index (χ1n) is 13.4. The smallest absolute Gasteiger partial charge is 0.349 e. The third-order valence-electron chi connectivity index (χ3n) is 7.36. The number of hydrogen-bond acceptors (Lipinski definition) is 9. The van der Waals surface area contributed by atoms with Gasteiger partial charge in [0.1, 0.15) is 24.1 Å². The molecule has 4 aromatic rings. The number of methoxy groups -OCH3 is 1. The second kappa shape index (κ2) is 11.1. The minimum atomic E-state index is -0.953. The van der Waals surface area contributed by atoms with E-state index in [0.29, 0.717) is 39.9 Å². The van der Waals surface area contributed by atoms with Gasteiger partial charge in [-0.05, 0) is 30.0 Å². The van der Waals surface area contributed by atoms with Crippen LogP contribution in [0, 0.1) is 11.3 Å². The molecule has 3 heterocycles. The molecule has 0 bridgehead atoms. The van der Waals surface area contributed by atoms with Crippen LogP contribution in [-0.2, 0) is 13.6 Å². The van der Waals surface area contributed by atoms with Gasteiger partial charge in [0.15, 0.2) is 17.4 Å². The number of para-hydroxylation sites is 1. The van der Waals surface area contributed by atoms with Crippen LogP contribution in [0.25, 0.3) is 11.4 Å². The molecule has 1 saturated carbocycles. The summed E-state index contributed by atoms with van der Waals surface area (Å²) in [6, 6.07) is 8.83. The molecule has 1 aromatic carbocycles. The number of rotatable bonds is 10. The first kappa shape index (κ1) is 27.9. The van der Waals surface area contributed by atoms with Gasteiger partial charge in [-0.25, -0.2) is 19.2 Å². The van der Waals surface area contributed by atoms with Gasteiger partial charge < -0.3 is 15.4 Å². The fraction of sp³-hybridized carbons (Fsp3) is 0.379. The molecule has 3 aromatic heterocycles. The lowest BCUT2D eigenvalue weighted by atomic mass is 9.62. The largest absolute Gasteiger partial charge is 0.494 e. The van der Waals surface area contributed by atoms with E-state index in [1.54, 1.807) is 50.4 Å². The Balaban J connectivity index is 1.41. The van der Waals surface area contributed by atoms with Crippen molar-refractivity contribution in [3.8, 4) is 17.1 Å². The number of ketones is 1. The molecule has 2 unspecified atom stereocenters. The van der Waals surface area contributed by atoms with Crippen LogP contribution >= 0.6 is 0 Å². The van der Waals surface area contributed by atoms with E-state index in [-0.39, 0.29) is 35.9 Å². The highest BCUT2D eigenvalue weighted by Crippen LogP contribution is 2.47. The molecular weight excluding hydrogens is 527 g/mol. The summed E-state index contributed by atoms with van der Waals surface area (Å²) in [5.74, 6) is 1.36. The first-order valence-corrected chi connectivity index (χ1v) is 13.4. The summed E-state index contributed by atoms with van der Waals surface area (Å²) in [5.41, 5.74) is 1.34. The lowest BCUT2D eigenvalue weighted by Crippen LogP contribution is -2.48. The molecule has 0 radical (unpaired) electrons. The predicted octanol–water partition coefficient (Wildman–Crippen LogP) is 4.91. The van der Waals surface area contributed by atoms with Gasteiger partial charge in [0.25, 0.3) is 0 Å². The number of anilines is 4. The Morgan fingerprint density at radius 2 is 1.98 bits per heavy atom. The highest BCUT2D eigenvalue weighted by Gasteiger charge is 2.47. The quantitative estimate of drug-likeness (QED) is 0.260. The van der Waals surface area contributed by atoms with E-state index < -0.39 is 11.9 Å². The number of aryl methyl sites for hydroxylation is 1. The maximum Gasteiger partial charge on any atom is 0.349 e. The Hall–Kier alpha value is -4.61. The average Bonchev–Trinajstić information content (AvgIpc) is 3.39. The molecule has 0 amide bonds. The molecule has 5 rings (SSSR count). The van der Waals surface area contributed by atoms with Gasteiger partial charge in [0.05, 0.1) is 29.6 Å². The lowest BCUT2D eigenvalue weighted by Gasteiger charge is -2.46. The summed E-state index contributed by atoms with van der Waals surface area (Å²) in [4.78, 5) is 38.3. The van der Waals surface area contributed by atoms with Crippen LogP contribution in [0.15, 0.2) is 53.8 Å². The maximum absolute atomic E-state index is 14.4. The van der Waals surface area contributed by atoms with Crippen LogP contribution in [0.1, 0.15) is 44.0 Å². The number of nitrogens with zero attached hydrogens (tertiary/aromatic N) is 6. The van der Waals surface area contributed by atoms with Crippen LogP contribution < -0.4 is 21.1 Å². The van der Waals surface area contributed by atoms with Crippen molar-refractivity contribution >= 4 is 28.8 Å². The summed E-state index contributed by atoms with van der Waals surface area (Å²) in [6.45, 7) is 5.84. The summed E-state index contributed by atoms with van der Waals surface area (Å²) >= 11 is 0. The summed E-state index contributed by atoms with van der Waals surface area (Å²) < 4.78 is 23.1. The van der Waals surface area contributed by atoms with E-state index in [0.717, 1.165) is 6.42 Å². The molecule has 11 nitrogen and oxygen atoms in total. The molecule has 1 aliphatic carbocycles. The molecule has 1 fully saturated rings. The standard InChI is InChI=1S/C29H33FN8O3/c1-6-22(39)19-14-31-24(34-23-10-11-38(28(40)35-23)15-17-13-29(2,3)26(17)30)12-21(19)33-20-9-7-8-18(25(20)41-5)27-32-16-37(4)36-27/h7-12,14,16-17,26H,6,13,15H2,1-5H3,(H2,31,33,34,35,40). The van der Waals surface area contributed by atoms with Gasteiger partial charge >= 0.3 is 5.69 Å². The number of pyridine rings is 1. The zero-order valence-electron chi connectivity index (χ0n) is 23.7. The second-order valence-corrected chi connectivity index (χ2v) is 10.9. The number of aromatic nitrogens is 6. The maximum atomic E-state index is 14.4. The van der Waals surface area contributed by atoms with E-state index in [9.17, 15) is 14.0 Å². The van der Waals surface area contributed by atoms with Crippen molar-refractivity contribution in [2.45, 2.75) is 46.3 Å². The van der Waals surface area contributed by atoms with Crippen molar-refractivity contribution in [3.05, 3.63) is 65.1 Å². The normalized spacial score (nSPS) is 17.5. The van der Waals surface area contributed by atoms with E-state index in [1.165, 1.54) is 10.8 Å². The van der Waals surface area contributed by atoms with Crippen LogP contribution in [-0.4, -0.2) is 48.4 Å². The zero-order valence-corrected chi connectivity index (χ0v) is 23.7. The van der Waals surface area contributed by atoms with Crippen molar-refractivity contribution < 1.29 is 13.9 Å². The molecule has 2 atom stereocenters.